The maximum absolute atomic E-state index is 9.04. The monoisotopic (exact) mass is 197 g/mol. The van der Waals surface area contributed by atoms with Crippen molar-refractivity contribution in [1.82, 2.24) is 4.98 Å². The van der Waals surface area contributed by atoms with E-state index in [4.69, 9.17) is 5.26 Å². The van der Waals surface area contributed by atoms with Crippen molar-refractivity contribution in [2.45, 2.75) is 6.92 Å². The lowest BCUT2D eigenvalue weighted by Crippen LogP contribution is -1.94. The molecule has 0 saturated carbocycles. The summed E-state index contributed by atoms with van der Waals surface area (Å²) in [4.78, 5) is 4.38. The molecule has 0 amide bonds. The lowest BCUT2D eigenvalue weighted by Gasteiger charge is -2.04. The zero-order valence-corrected chi connectivity index (χ0v) is 8.70. The van der Waals surface area contributed by atoms with Gasteiger partial charge in [-0.3, -0.25) is 0 Å². The number of nitrogens with one attached hydrogen (secondary N) is 1. The Morgan fingerprint density at radius 3 is 2.80 bits per heavy atom. The Labute approximate surface area is 88.4 Å². The SMILES string of the molecule is CNc1cc(C#N)c2cc(C)ccc2n1. The first kappa shape index (κ1) is 9.47. The second-order valence-electron chi connectivity index (χ2n) is 3.44. The van der Waals surface area contributed by atoms with Crippen LogP contribution in [0.25, 0.3) is 10.9 Å². The Hall–Kier alpha value is -2.08. The van der Waals surface area contributed by atoms with E-state index in [1.54, 1.807) is 13.1 Å². The van der Waals surface area contributed by atoms with Crippen molar-refractivity contribution in [3.05, 3.63) is 35.4 Å². The number of aromatic nitrogens is 1. The van der Waals surface area contributed by atoms with Crippen LogP contribution in [0.1, 0.15) is 11.1 Å². The van der Waals surface area contributed by atoms with Crippen molar-refractivity contribution in [2.24, 2.45) is 0 Å². The number of nitrogens with zero attached hydrogens (tertiary/aromatic N) is 2. The first-order chi connectivity index (χ1) is 7.24. The second-order valence-corrected chi connectivity index (χ2v) is 3.44. The van der Waals surface area contributed by atoms with Crippen molar-refractivity contribution >= 4 is 16.7 Å². The lowest BCUT2D eigenvalue weighted by atomic mass is 10.1. The number of fused-ring (bicyclic) bond motifs is 1. The fraction of sp³-hybridized carbons (Fsp3) is 0.167. The van der Waals surface area contributed by atoms with Gasteiger partial charge in [0.2, 0.25) is 0 Å². The molecule has 0 fully saturated rings. The molecule has 0 atom stereocenters. The zero-order chi connectivity index (χ0) is 10.8. The van der Waals surface area contributed by atoms with E-state index < -0.39 is 0 Å². The standard InChI is InChI=1S/C12H11N3/c1-8-3-4-11-10(5-8)9(7-13)6-12(14-2)15-11/h3-6H,1-2H3,(H,14,15). The van der Waals surface area contributed by atoms with E-state index >= 15 is 0 Å². The lowest BCUT2D eigenvalue weighted by molar-refractivity contribution is 1.33. The molecule has 0 bridgehead atoms. The van der Waals surface area contributed by atoms with Crippen LogP contribution in [-0.4, -0.2) is 12.0 Å². The Morgan fingerprint density at radius 1 is 1.33 bits per heavy atom. The van der Waals surface area contributed by atoms with Crippen molar-refractivity contribution < 1.29 is 0 Å². The quantitative estimate of drug-likeness (QED) is 0.763. The first-order valence-corrected chi connectivity index (χ1v) is 4.74. The minimum absolute atomic E-state index is 0.660. The molecular weight excluding hydrogens is 186 g/mol. The van der Waals surface area contributed by atoms with Gasteiger partial charge in [0.1, 0.15) is 5.82 Å². The Morgan fingerprint density at radius 2 is 2.13 bits per heavy atom. The molecule has 0 spiro atoms. The maximum atomic E-state index is 9.04. The fourth-order valence-electron chi connectivity index (χ4n) is 1.56. The molecule has 2 rings (SSSR count). The van der Waals surface area contributed by atoms with Crippen LogP contribution >= 0.6 is 0 Å². The Balaban J connectivity index is 2.82. The highest BCUT2D eigenvalue weighted by Gasteiger charge is 2.04. The number of hydrogen-bond donors (Lipinski definition) is 1. The molecule has 3 nitrogen and oxygen atoms in total. The van der Waals surface area contributed by atoms with Crippen LogP contribution in [0.15, 0.2) is 24.3 Å². The van der Waals surface area contributed by atoms with Crippen molar-refractivity contribution in [3.8, 4) is 6.07 Å². The number of hydrogen-bond acceptors (Lipinski definition) is 3. The summed E-state index contributed by atoms with van der Waals surface area (Å²) in [5, 5.41) is 12.9. The van der Waals surface area contributed by atoms with E-state index in [0.29, 0.717) is 5.56 Å². The molecule has 1 N–H and O–H groups in total. The van der Waals surface area contributed by atoms with Crippen LogP contribution in [0.5, 0.6) is 0 Å². The van der Waals surface area contributed by atoms with Crippen LogP contribution in [0, 0.1) is 18.3 Å². The van der Waals surface area contributed by atoms with Gasteiger partial charge in [-0.05, 0) is 25.1 Å². The van der Waals surface area contributed by atoms with Crippen LogP contribution in [0.2, 0.25) is 0 Å². The third kappa shape index (κ3) is 1.62. The minimum atomic E-state index is 0.660. The number of aryl methyl sites for hydroxylation is 1. The Kier molecular flexibility index (Phi) is 2.26. The van der Waals surface area contributed by atoms with E-state index in [0.717, 1.165) is 22.3 Å². The number of anilines is 1. The largest absolute Gasteiger partial charge is 0.373 e. The Bertz CT molecular complexity index is 553. The molecule has 1 aromatic carbocycles. The molecule has 0 aliphatic carbocycles. The summed E-state index contributed by atoms with van der Waals surface area (Å²) < 4.78 is 0. The van der Waals surface area contributed by atoms with Gasteiger partial charge in [0.05, 0.1) is 17.1 Å². The van der Waals surface area contributed by atoms with Crippen molar-refractivity contribution in [1.29, 1.82) is 5.26 Å². The molecule has 1 heterocycles. The fourth-order valence-corrected chi connectivity index (χ4v) is 1.56. The van der Waals surface area contributed by atoms with E-state index in [9.17, 15) is 0 Å². The minimum Gasteiger partial charge on any atom is -0.373 e. The van der Waals surface area contributed by atoms with Crippen LogP contribution < -0.4 is 5.32 Å². The number of nitriles is 1. The van der Waals surface area contributed by atoms with Crippen molar-refractivity contribution in [3.63, 3.8) is 0 Å². The van der Waals surface area contributed by atoms with Gasteiger partial charge in [-0.1, -0.05) is 11.6 Å². The number of benzene rings is 1. The third-order valence-electron chi connectivity index (χ3n) is 2.34. The highest BCUT2D eigenvalue weighted by atomic mass is 15.0. The average Bonchev–Trinajstić information content (AvgIpc) is 2.27. The summed E-state index contributed by atoms with van der Waals surface area (Å²) >= 11 is 0. The zero-order valence-electron chi connectivity index (χ0n) is 8.70. The summed E-state index contributed by atoms with van der Waals surface area (Å²) in [6, 6.07) is 9.88. The van der Waals surface area contributed by atoms with E-state index in [1.807, 2.05) is 25.1 Å². The van der Waals surface area contributed by atoms with Gasteiger partial charge in [-0.15, -0.1) is 0 Å². The predicted molar refractivity (Wildman–Crippen MR) is 60.7 cm³/mol. The number of pyridine rings is 1. The molecule has 2 aromatic rings. The molecule has 0 saturated heterocycles. The topological polar surface area (TPSA) is 48.7 Å². The van der Waals surface area contributed by atoms with Gasteiger partial charge in [0.25, 0.3) is 0 Å². The van der Waals surface area contributed by atoms with Crippen LogP contribution in [0.4, 0.5) is 5.82 Å². The summed E-state index contributed by atoms with van der Waals surface area (Å²) in [6.45, 7) is 2.01. The highest BCUT2D eigenvalue weighted by Crippen LogP contribution is 2.21. The second kappa shape index (κ2) is 3.58. The summed E-state index contributed by atoms with van der Waals surface area (Å²) in [6.07, 6.45) is 0. The van der Waals surface area contributed by atoms with E-state index in [1.165, 1.54) is 0 Å². The van der Waals surface area contributed by atoms with Gasteiger partial charge in [0, 0.05) is 12.4 Å². The normalized spacial score (nSPS) is 9.93. The first-order valence-electron chi connectivity index (χ1n) is 4.74. The third-order valence-corrected chi connectivity index (χ3v) is 2.34. The van der Waals surface area contributed by atoms with Gasteiger partial charge < -0.3 is 5.32 Å². The van der Waals surface area contributed by atoms with Crippen LogP contribution in [-0.2, 0) is 0 Å². The van der Waals surface area contributed by atoms with Gasteiger partial charge in [0.15, 0.2) is 0 Å². The average molecular weight is 197 g/mol. The summed E-state index contributed by atoms with van der Waals surface area (Å²) in [5.74, 6) is 0.725. The molecule has 1 aromatic heterocycles. The van der Waals surface area contributed by atoms with Gasteiger partial charge >= 0.3 is 0 Å². The highest BCUT2D eigenvalue weighted by molar-refractivity contribution is 5.86. The number of rotatable bonds is 1. The van der Waals surface area contributed by atoms with Gasteiger partial charge in [-0.25, -0.2) is 4.98 Å². The molecular formula is C12H11N3. The van der Waals surface area contributed by atoms with Crippen molar-refractivity contribution in [2.75, 3.05) is 12.4 Å². The summed E-state index contributed by atoms with van der Waals surface area (Å²) in [5.41, 5.74) is 2.65. The van der Waals surface area contributed by atoms with Gasteiger partial charge in [-0.2, -0.15) is 5.26 Å². The molecule has 0 aliphatic rings. The predicted octanol–water partition coefficient (Wildman–Crippen LogP) is 2.46. The molecule has 3 heteroatoms. The van der Waals surface area contributed by atoms with E-state index in [2.05, 4.69) is 16.4 Å². The van der Waals surface area contributed by atoms with E-state index in [-0.39, 0.29) is 0 Å². The molecule has 0 radical (unpaired) electrons. The molecule has 0 aliphatic heterocycles. The maximum Gasteiger partial charge on any atom is 0.127 e. The smallest absolute Gasteiger partial charge is 0.127 e. The molecule has 0 unspecified atom stereocenters. The van der Waals surface area contributed by atoms with Crippen LogP contribution in [0.3, 0.4) is 0 Å². The summed E-state index contributed by atoms with van der Waals surface area (Å²) in [7, 11) is 1.80. The molecule has 74 valence electrons. The molecule has 15 heavy (non-hydrogen) atoms.